The summed E-state index contributed by atoms with van der Waals surface area (Å²) in [6.45, 7) is 1.02. The van der Waals surface area contributed by atoms with Crippen LogP contribution >= 0.6 is 11.5 Å². The van der Waals surface area contributed by atoms with E-state index in [1.165, 1.54) is 24.4 Å². The van der Waals surface area contributed by atoms with E-state index in [0.717, 1.165) is 17.6 Å². The lowest BCUT2D eigenvalue weighted by atomic mass is 10.4. The summed E-state index contributed by atoms with van der Waals surface area (Å²) in [6.07, 6.45) is 2.70. The molecule has 1 aliphatic carbocycles. The minimum absolute atomic E-state index is 0.369. The van der Waals surface area contributed by atoms with Crippen molar-refractivity contribution in [3.8, 4) is 0 Å². The SMILES string of the molecule is Nc1nsc(NCC2CC2)n1. The van der Waals surface area contributed by atoms with Gasteiger partial charge in [0.2, 0.25) is 11.1 Å². The highest BCUT2D eigenvalue weighted by molar-refractivity contribution is 7.09. The Hall–Kier alpha value is -0.840. The van der Waals surface area contributed by atoms with E-state index in [9.17, 15) is 0 Å². The predicted molar refractivity (Wildman–Crippen MR) is 45.5 cm³/mol. The van der Waals surface area contributed by atoms with Gasteiger partial charge in [0.25, 0.3) is 0 Å². The topological polar surface area (TPSA) is 63.8 Å². The molecule has 0 atom stereocenters. The second-order valence-corrected chi connectivity index (χ2v) is 3.53. The molecule has 1 saturated carbocycles. The smallest absolute Gasteiger partial charge is 0.233 e. The first-order chi connectivity index (χ1) is 5.34. The fourth-order valence-electron chi connectivity index (χ4n) is 0.860. The molecular formula is C6H10N4S. The van der Waals surface area contributed by atoms with Crippen molar-refractivity contribution in [1.82, 2.24) is 9.36 Å². The summed E-state index contributed by atoms with van der Waals surface area (Å²) in [5.41, 5.74) is 5.35. The second kappa shape index (κ2) is 2.65. The summed E-state index contributed by atoms with van der Waals surface area (Å²) in [7, 11) is 0. The van der Waals surface area contributed by atoms with Crippen molar-refractivity contribution in [2.75, 3.05) is 17.6 Å². The Labute approximate surface area is 69.0 Å². The Morgan fingerprint density at radius 2 is 2.45 bits per heavy atom. The van der Waals surface area contributed by atoms with Crippen LogP contribution in [0, 0.1) is 5.92 Å². The van der Waals surface area contributed by atoms with Gasteiger partial charge in [-0.05, 0) is 18.8 Å². The molecule has 0 unspecified atom stereocenters. The number of aromatic nitrogens is 2. The fraction of sp³-hybridized carbons (Fsp3) is 0.667. The van der Waals surface area contributed by atoms with Crippen LogP contribution in [0.15, 0.2) is 0 Å². The molecule has 0 bridgehead atoms. The van der Waals surface area contributed by atoms with Gasteiger partial charge in [0.05, 0.1) is 0 Å². The Morgan fingerprint density at radius 1 is 1.64 bits per heavy atom. The number of anilines is 2. The largest absolute Gasteiger partial charge is 0.367 e. The highest BCUT2D eigenvalue weighted by Gasteiger charge is 2.20. The fourth-order valence-corrected chi connectivity index (χ4v) is 1.36. The highest BCUT2D eigenvalue weighted by Crippen LogP contribution is 2.29. The first-order valence-corrected chi connectivity index (χ1v) is 4.45. The minimum Gasteiger partial charge on any atom is -0.367 e. The van der Waals surface area contributed by atoms with Crippen molar-refractivity contribution in [2.24, 2.45) is 5.92 Å². The van der Waals surface area contributed by atoms with Gasteiger partial charge in [0.1, 0.15) is 0 Å². The monoisotopic (exact) mass is 170 g/mol. The molecule has 60 valence electrons. The molecule has 11 heavy (non-hydrogen) atoms. The Morgan fingerprint density at radius 3 is 3.00 bits per heavy atom. The molecule has 0 saturated heterocycles. The summed E-state index contributed by atoms with van der Waals surface area (Å²) in [5.74, 6) is 1.23. The molecule has 0 aromatic carbocycles. The molecule has 1 aliphatic rings. The normalized spacial score (nSPS) is 16.7. The summed E-state index contributed by atoms with van der Waals surface area (Å²) < 4.78 is 3.86. The standard InChI is InChI=1S/C6H10N4S/c7-5-9-6(11-10-5)8-3-4-1-2-4/h4H,1-3H2,(H3,7,8,9,10). The maximum absolute atomic E-state index is 5.35. The first-order valence-electron chi connectivity index (χ1n) is 3.67. The van der Waals surface area contributed by atoms with Gasteiger partial charge in [-0.3, -0.25) is 0 Å². The average Bonchev–Trinajstić information content (AvgIpc) is 2.72. The molecule has 0 spiro atoms. The number of nitrogens with one attached hydrogen (secondary N) is 1. The molecule has 3 N–H and O–H groups in total. The van der Waals surface area contributed by atoms with Gasteiger partial charge in [-0.25, -0.2) is 0 Å². The third-order valence-corrected chi connectivity index (χ3v) is 2.37. The number of rotatable bonds is 3. The highest BCUT2D eigenvalue weighted by atomic mass is 32.1. The molecule has 2 rings (SSSR count). The van der Waals surface area contributed by atoms with Crippen molar-refractivity contribution < 1.29 is 0 Å². The van der Waals surface area contributed by atoms with E-state index in [-0.39, 0.29) is 0 Å². The van der Waals surface area contributed by atoms with Gasteiger partial charge in [0, 0.05) is 18.1 Å². The zero-order valence-electron chi connectivity index (χ0n) is 6.08. The number of nitrogen functional groups attached to an aromatic ring is 1. The molecule has 0 amide bonds. The number of nitrogens with two attached hydrogens (primary N) is 1. The van der Waals surface area contributed by atoms with E-state index in [4.69, 9.17) is 5.73 Å². The lowest BCUT2D eigenvalue weighted by Crippen LogP contribution is -2.02. The van der Waals surface area contributed by atoms with E-state index in [2.05, 4.69) is 14.7 Å². The number of hydrogen-bond acceptors (Lipinski definition) is 5. The molecule has 0 radical (unpaired) electrons. The first kappa shape index (κ1) is 6.84. The third-order valence-electron chi connectivity index (χ3n) is 1.68. The van der Waals surface area contributed by atoms with E-state index >= 15 is 0 Å². The summed E-state index contributed by atoms with van der Waals surface area (Å²) in [4.78, 5) is 3.98. The van der Waals surface area contributed by atoms with Crippen molar-refractivity contribution >= 4 is 22.6 Å². The number of hydrogen-bond donors (Lipinski definition) is 2. The van der Waals surface area contributed by atoms with Gasteiger partial charge >= 0.3 is 0 Å². The van der Waals surface area contributed by atoms with Crippen molar-refractivity contribution in [2.45, 2.75) is 12.8 Å². The lowest BCUT2D eigenvalue weighted by Gasteiger charge is -1.96. The molecule has 5 heteroatoms. The van der Waals surface area contributed by atoms with Crippen molar-refractivity contribution in [3.05, 3.63) is 0 Å². The zero-order valence-corrected chi connectivity index (χ0v) is 6.90. The van der Waals surface area contributed by atoms with Crippen molar-refractivity contribution in [1.29, 1.82) is 0 Å². The second-order valence-electron chi connectivity index (χ2n) is 2.78. The van der Waals surface area contributed by atoms with E-state index in [1.54, 1.807) is 0 Å². The zero-order chi connectivity index (χ0) is 7.68. The lowest BCUT2D eigenvalue weighted by molar-refractivity contribution is 0.887. The van der Waals surface area contributed by atoms with Gasteiger partial charge in [-0.1, -0.05) is 0 Å². The third kappa shape index (κ3) is 1.80. The molecule has 1 heterocycles. The minimum atomic E-state index is 0.369. The van der Waals surface area contributed by atoms with Crippen LogP contribution in [0.4, 0.5) is 11.1 Å². The molecular weight excluding hydrogens is 160 g/mol. The van der Waals surface area contributed by atoms with Crippen LogP contribution in [-0.2, 0) is 0 Å². The van der Waals surface area contributed by atoms with Crippen LogP contribution in [-0.4, -0.2) is 15.9 Å². The van der Waals surface area contributed by atoms with E-state index in [0.29, 0.717) is 5.95 Å². The molecule has 1 aromatic rings. The average molecular weight is 170 g/mol. The summed E-state index contributed by atoms with van der Waals surface area (Å²) in [5, 5.41) is 4.03. The molecule has 0 aliphatic heterocycles. The van der Waals surface area contributed by atoms with Crippen LogP contribution in [0.25, 0.3) is 0 Å². The van der Waals surface area contributed by atoms with E-state index < -0.39 is 0 Å². The van der Waals surface area contributed by atoms with Crippen LogP contribution in [0.5, 0.6) is 0 Å². The van der Waals surface area contributed by atoms with Crippen LogP contribution in [0.1, 0.15) is 12.8 Å². The van der Waals surface area contributed by atoms with E-state index in [1.807, 2.05) is 0 Å². The van der Waals surface area contributed by atoms with Gasteiger partial charge < -0.3 is 11.1 Å². The summed E-state index contributed by atoms with van der Waals surface area (Å²) >= 11 is 1.32. The predicted octanol–water partition coefficient (Wildman–Crippen LogP) is 0.942. The van der Waals surface area contributed by atoms with Crippen LogP contribution in [0.2, 0.25) is 0 Å². The molecule has 1 aromatic heterocycles. The maximum atomic E-state index is 5.35. The Kier molecular flexibility index (Phi) is 1.65. The van der Waals surface area contributed by atoms with Crippen molar-refractivity contribution in [3.63, 3.8) is 0 Å². The van der Waals surface area contributed by atoms with Gasteiger partial charge in [0.15, 0.2) is 0 Å². The molecule has 4 nitrogen and oxygen atoms in total. The van der Waals surface area contributed by atoms with Gasteiger partial charge in [-0.2, -0.15) is 9.36 Å². The number of nitrogens with zero attached hydrogens (tertiary/aromatic N) is 2. The van der Waals surface area contributed by atoms with Gasteiger partial charge in [-0.15, -0.1) is 0 Å². The van der Waals surface area contributed by atoms with Crippen LogP contribution in [0.3, 0.4) is 0 Å². The molecule has 1 fully saturated rings. The Balaban J connectivity index is 1.85. The summed E-state index contributed by atoms with van der Waals surface area (Å²) in [6, 6.07) is 0. The maximum Gasteiger partial charge on any atom is 0.233 e. The Bertz CT molecular complexity index is 242. The quantitative estimate of drug-likeness (QED) is 0.708. The van der Waals surface area contributed by atoms with Crippen LogP contribution < -0.4 is 11.1 Å².